The third-order valence-electron chi connectivity index (χ3n) is 3.53. The third kappa shape index (κ3) is 1.28. The van der Waals surface area contributed by atoms with E-state index in [1.165, 1.54) is 6.42 Å². The highest BCUT2D eigenvalue weighted by Crippen LogP contribution is 2.39. The van der Waals surface area contributed by atoms with Gasteiger partial charge in [-0.1, -0.05) is 11.6 Å². The van der Waals surface area contributed by atoms with Crippen molar-refractivity contribution in [3.8, 4) is 0 Å². The molecule has 1 fully saturated rings. The summed E-state index contributed by atoms with van der Waals surface area (Å²) in [5.74, 6) is 0.982. The third-order valence-corrected chi connectivity index (χ3v) is 3.77. The van der Waals surface area contributed by atoms with E-state index >= 15 is 0 Å². The van der Waals surface area contributed by atoms with E-state index in [9.17, 15) is 0 Å². The van der Waals surface area contributed by atoms with Gasteiger partial charge < -0.3 is 10.3 Å². The molecule has 1 aliphatic rings. The predicted octanol–water partition coefficient (Wildman–Crippen LogP) is 2.56. The first-order chi connectivity index (χ1) is 7.60. The Kier molecular flexibility index (Phi) is 2.03. The number of halogens is 1. The first-order valence-electron chi connectivity index (χ1n) is 5.51. The molecular formula is C12H14ClN3. The van der Waals surface area contributed by atoms with Gasteiger partial charge in [-0.25, -0.2) is 4.98 Å². The number of nitrogens with zero attached hydrogens (tertiary/aromatic N) is 2. The molecule has 2 N–H and O–H groups in total. The van der Waals surface area contributed by atoms with E-state index in [0.29, 0.717) is 0 Å². The lowest BCUT2D eigenvalue weighted by Crippen LogP contribution is -2.45. The van der Waals surface area contributed by atoms with Crippen LogP contribution in [-0.4, -0.2) is 9.55 Å². The summed E-state index contributed by atoms with van der Waals surface area (Å²) in [6.07, 6.45) is 3.25. The standard InChI is InChI=1S/C12H14ClN3/c1-16-10-7-8(13)3-4-9(10)15-11(16)12(14)5-2-6-12/h3-4,7H,2,5-6,14H2,1H3. The summed E-state index contributed by atoms with van der Waals surface area (Å²) in [5, 5.41) is 0.738. The van der Waals surface area contributed by atoms with Crippen molar-refractivity contribution in [3.63, 3.8) is 0 Å². The van der Waals surface area contributed by atoms with Crippen molar-refractivity contribution in [3.05, 3.63) is 29.0 Å². The average Bonchev–Trinajstić information content (AvgIpc) is 2.53. The van der Waals surface area contributed by atoms with Gasteiger partial charge >= 0.3 is 0 Å². The summed E-state index contributed by atoms with van der Waals surface area (Å²) >= 11 is 5.99. The maximum atomic E-state index is 6.31. The summed E-state index contributed by atoms with van der Waals surface area (Å²) in [7, 11) is 2.01. The van der Waals surface area contributed by atoms with Gasteiger partial charge in [0.15, 0.2) is 0 Å². The van der Waals surface area contributed by atoms with Gasteiger partial charge in [-0.05, 0) is 37.5 Å². The van der Waals surface area contributed by atoms with E-state index in [0.717, 1.165) is 34.7 Å². The number of fused-ring (bicyclic) bond motifs is 1. The number of nitrogens with two attached hydrogens (primary N) is 1. The molecule has 1 aromatic carbocycles. The molecule has 3 nitrogen and oxygen atoms in total. The summed E-state index contributed by atoms with van der Waals surface area (Å²) in [5.41, 5.74) is 8.11. The fraction of sp³-hybridized carbons (Fsp3) is 0.417. The van der Waals surface area contributed by atoms with Gasteiger partial charge in [0.05, 0.1) is 16.6 Å². The van der Waals surface area contributed by atoms with Crippen LogP contribution in [0.5, 0.6) is 0 Å². The average molecular weight is 236 g/mol. The molecule has 0 bridgehead atoms. The van der Waals surface area contributed by atoms with Crippen LogP contribution in [0.3, 0.4) is 0 Å². The molecule has 0 saturated heterocycles. The zero-order valence-corrected chi connectivity index (χ0v) is 9.96. The van der Waals surface area contributed by atoms with Crippen LogP contribution in [-0.2, 0) is 12.6 Å². The van der Waals surface area contributed by atoms with Crippen LogP contribution in [0.2, 0.25) is 5.02 Å². The van der Waals surface area contributed by atoms with Crippen LogP contribution in [0.15, 0.2) is 18.2 Å². The zero-order valence-electron chi connectivity index (χ0n) is 9.20. The molecule has 1 aromatic heterocycles. The Morgan fingerprint density at radius 3 is 2.81 bits per heavy atom. The second-order valence-electron chi connectivity index (χ2n) is 4.64. The lowest BCUT2D eigenvalue weighted by Gasteiger charge is -2.37. The van der Waals surface area contributed by atoms with Crippen molar-refractivity contribution in [2.75, 3.05) is 0 Å². The first kappa shape index (κ1) is 10.1. The van der Waals surface area contributed by atoms with E-state index in [-0.39, 0.29) is 5.54 Å². The van der Waals surface area contributed by atoms with Crippen molar-refractivity contribution in [2.24, 2.45) is 12.8 Å². The number of imidazole rings is 1. The lowest BCUT2D eigenvalue weighted by atomic mass is 9.77. The highest BCUT2D eigenvalue weighted by Gasteiger charge is 2.38. The Bertz CT molecular complexity index is 555. The minimum absolute atomic E-state index is 0.222. The van der Waals surface area contributed by atoms with Crippen LogP contribution < -0.4 is 5.73 Å². The lowest BCUT2D eigenvalue weighted by molar-refractivity contribution is 0.234. The molecule has 2 aromatic rings. The van der Waals surface area contributed by atoms with Crippen molar-refractivity contribution in [1.29, 1.82) is 0 Å². The van der Waals surface area contributed by atoms with Gasteiger partial charge in [-0.3, -0.25) is 0 Å². The van der Waals surface area contributed by atoms with Crippen LogP contribution in [0, 0.1) is 0 Å². The molecule has 4 heteroatoms. The van der Waals surface area contributed by atoms with E-state index in [4.69, 9.17) is 17.3 Å². The van der Waals surface area contributed by atoms with Gasteiger partial charge in [-0.2, -0.15) is 0 Å². The van der Waals surface area contributed by atoms with Crippen LogP contribution in [0.25, 0.3) is 11.0 Å². The number of aryl methyl sites for hydroxylation is 1. The van der Waals surface area contributed by atoms with Crippen molar-refractivity contribution >= 4 is 22.6 Å². The molecule has 16 heavy (non-hydrogen) atoms. The second-order valence-corrected chi connectivity index (χ2v) is 5.07. The van der Waals surface area contributed by atoms with E-state index < -0.39 is 0 Å². The number of hydrogen-bond donors (Lipinski definition) is 1. The molecule has 0 unspecified atom stereocenters. The van der Waals surface area contributed by atoms with Gasteiger partial charge in [-0.15, -0.1) is 0 Å². The molecular weight excluding hydrogens is 222 g/mol. The molecule has 0 amide bonds. The summed E-state index contributed by atoms with van der Waals surface area (Å²) in [6.45, 7) is 0. The topological polar surface area (TPSA) is 43.8 Å². The molecule has 0 aliphatic heterocycles. The van der Waals surface area contributed by atoms with Gasteiger partial charge in [0.1, 0.15) is 5.82 Å². The molecule has 1 saturated carbocycles. The normalized spacial score (nSPS) is 18.7. The molecule has 0 atom stereocenters. The summed E-state index contributed by atoms with van der Waals surface area (Å²) < 4.78 is 2.07. The fourth-order valence-corrected chi connectivity index (χ4v) is 2.56. The summed E-state index contributed by atoms with van der Waals surface area (Å²) in [4.78, 5) is 4.63. The maximum Gasteiger partial charge on any atom is 0.129 e. The highest BCUT2D eigenvalue weighted by molar-refractivity contribution is 6.31. The second kappa shape index (κ2) is 3.22. The van der Waals surface area contributed by atoms with E-state index in [1.807, 2.05) is 25.2 Å². The van der Waals surface area contributed by atoms with Crippen molar-refractivity contribution in [1.82, 2.24) is 9.55 Å². The summed E-state index contributed by atoms with van der Waals surface area (Å²) in [6, 6.07) is 5.75. The molecule has 3 rings (SSSR count). The SMILES string of the molecule is Cn1c(C2(N)CCC2)nc2ccc(Cl)cc21. The number of aromatic nitrogens is 2. The highest BCUT2D eigenvalue weighted by atomic mass is 35.5. The maximum absolute atomic E-state index is 6.31. The number of hydrogen-bond acceptors (Lipinski definition) is 2. The first-order valence-corrected chi connectivity index (χ1v) is 5.89. The Balaban J connectivity index is 2.23. The minimum atomic E-state index is -0.222. The van der Waals surface area contributed by atoms with Gasteiger partial charge in [0.25, 0.3) is 0 Å². The van der Waals surface area contributed by atoms with E-state index in [1.54, 1.807) is 0 Å². The minimum Gasteiger partial charge on any atom is -0.330 e. The predicted molar refractivity (Wildman–Crippen MR) is 65.4 cm³/mol. The van der Waals surface area contributed by atoms with Gasteiger partial charge in [0.2, 0.25) is 0 Å². The zero-order chi connectivity index (χ0) is 11.3. The molecule has 0 spiro atoms. The Labute approximate surface area is 99.2 Å². The van der Waals surface area contributed by atoms with Crippen molar-refractivity contribution in [2.45, 2.75) is 24.8 Å². The van der Waals surface area contributed by atoms with Crippen LogP contribution in [0.1, 0.15) is 25.1 Å². The fourth-order valence-electron chi connectivity index (χ4n) is 2.39. The Morgan fingerprint density at radius 1 is 1.44 bits per heavy atom. The smallest absolute Gasteiger partial charge is 0.129 e. The monoisotopic (exact) mass is 235 g/mol. The largest absolute Gasteiger partial charge is 0.330 e. The van der Waals surface area contributed by atoms with E-state index in [2.05, 4.69) is 9.55 Å². The molecule has 1 heterocycles. The molecule has 0 radical (unpaired) electrons. The molecule has 1 aliphatic carbocycles. The van der Waals surface area contributed by atoms with Crippen LogP contribution >= 0.6 is 11.6 Å². The Hall–Kier alpha value is -1.06. The van der Waals surface area contributed by atoms with Crippen molar-refractivity contribution < 1.29 is 0 Å². The molecule has 84 valence electrons. The van der Waals surface area contributed by atoms with Crippen LogP contribution in [0.4, 0.5) is 0 Å². The number of rotatable bonds is 1. The number of benzene rings is 1. The van der Waals surface area contributed by atoms with Gasteiger partial charge in [0, 0.05) is 12.1 Å². The quantitative estimate of drug-likeness (QED) is 0.826. The Morgan fingerprint density at radius 2 is 2.19 bits per heavy atom.